The molecule has 1 fully saturated rings. The number of nitrogens with zero attached hydrogens (tertiary/aromatic N) is 2. The molecule has 15 heavy (non-hydrogen) atoms. The molecule has 0 aromatic carbocycles. The highest BCUT2D eigenvalue weighted by molar-refractivity contribution is 5.42. The van der Waals surface area contributed by atoms with Crippen LogP contribution in [0.25, 0.3) is 0 Å². The molecule has 4 N–H and O–H groups in total. The minimum atomic E-state index is 0.338. The van der Waals surface area contributed by atoms with Crippen molar-refractivity contribution in [3.8, 4) is 0 Å². The van der Waals surface area contributed by atoms with Gasteiger partial charge in [-0.25, -0.2) is 10.8 Å². The Morgan fingerprint density at radius 3 is 3.07 bits per heavy atom. The molecule has 0 aliphatic carbocycles. The molecule has 2 heterocycles. The van der Waals surface area contributed by atoms with Gasteiger partial charge in [0.1, 0.15) is 5.82 Å². The monoisotopic (exact) mass is 209 g/mol. The summed E-state index contributed by atoms with van der Waals surface area (Å²) >= 11 is 0. The third-order valence-corrected chi connectivity index (χ3v) is 2.27. The van der Waals surface area contributed by atoms with Crippen LogP contribution in [0.5, 0.6) is 0 Å². The molecule has 6 nitrogen and oxygen atoms in total. The Kier molecular flexibility index (Phi) is 2.98. The van der Waals surface area contributed by atoms with Gasteiger partial charge in [-0.05, 0) is 13.3 Å². The summed E-state index contributed by atoms with van der Waals surface area (Å²) in [5.41, 5.74) is 3.31. The third-order valence-electron chi connectivity index (χ3n) is 2.27. The lowest BCUT2D eigenvalue weighted by molar-refractivity contribution is 0.195. The number of ether oxygens (including phenoxy) is 1. The zero-order valence-electron chi connectivity index (χ0n) is 8.66. The van der Waals surface area contributed by atoms with Gasteiger partial charge in [-0.15, -0.1) is 0 Å². The molecule has 0 amide bonds. The standard InChI is InChI=1S/C9H15N5O/c1-6-4-8(13-9(11-6)14-10)12-7-2-3-15-5-7/h4,7H,2-3,5,10H2,1H3,(H2,11,12,13,14). The fourth-order valence-electron chi connectivity index (χ4n) is 1.56. The Morgan fingerprint density at radius 2 is 2.40 bits per heavy atom. The maximum Gasteiger partial charge on any atom is 0.239 e. The van der Waals surface area contributed by atoms with E-state index in [0.717, 1.165) is 31.1 Å². The summed E-state index contributed by atoms with van der Waals surface area (Å²) in [6, 6.07) is 2.23. The highest BCUT2D eigenvalue weighted by atomic mass is 16.5. The van der Waals surface area contributed by atoms with E-state index in [1.807, 2.05) is 13.0 Å². The van der Waals surface area contributed by atoms with E-state index < -0.39 is 0 Å². The molecule has 0 radical (unpaired) electrons. The molecule has 1 aliphatic heterocycles. The summed E-state index contributed by atoms with van der Waals surface area (Å²) in [5, 5.41) is 3.28. The molecule has 1 unspecified atom stereocenters. The first kappa shape index (κ1) is 10.1. The second kappa shape index (κ2) is 4.41. The number of hydrogen-bond donors (Lipinski definition) is 3. The van der Waals surface area contributed by atoms with Gasteiger partial charge in [0.05, 0.1) is 12.6 Å². The topological polar surface area (TPSA) is 85.1 Å². The van der Waals surface area contributed by atoms with Crippen molar-refractivity contribution in [2.75, 3.05) is 24.0 Å². The fraction of sp³-hybridized carbons (Fsp3) is 0.556. The van der Waals surface area contributed by atoms with Crippen LogP contribution in [0.15, 0.2) is 6.07 Å². The minimum Gasteiger partial charge on any atom is -0.379 e. The van der Waals surface area contributed by atoms with E-state index in [2.05, 4.69) is 20.7 Å². The second-order valence-electron chi connectivity index (χ2n) is 3.57. The summed E-state index contributed by atoms with van der Waals surface area (Å²) in [4.78, 5) is 8.31. The number of nitrogens with two attached hydrogens (primary N) is 1. The fourth-order valence-corrected chi connectivity index (χ4v) is 1.56. The van der Waals surface area contributed by atoms with Gasteiger partial charge in [0.25, 0.3) is 0 Å². The number of rotatable bonds is 3. The first-order valence-electron chi connectivity index (χ1n) is 4.94. The molecule has 0 saturated carbocycles. The Labute approximate surface area is 88.2 Å². The number of nitrogen functional groups attached to an aromatic ring is 1. The maximum absolute atomic E-state index is 5.27. The molecule has 1 atom stereocenters. The average molecular weight is 209 g/mol. The number of nitrogens with one attached hydrogen (secondary N) is 2. The van der Waals surface area contributed by atoms with Gasteiger partial charge in [-0.3, -0.25) is 5.43 Å². The zero-order valence-corrected chi connectivity index (χ0v) is 8.66. The predicted molar refractivity (Wildman–Crippen MR) is 57.4 cm³/mol. The first-order valence-corrected chi connectivity index (χ1v) is 4.94. The molecule has 6 heteroatoms. The Hall–Kier alpha value is -1.40. The highest BCUT2D eigenvalue weighted by Gasteiger charge is 2.15. The molecular weight excluding hydrogens is 194 g/mol. The molecule has 82 valence electrons. The quantitative estimate of drug-likeness (QED) is 0.489. The summed E-state index contributed by atoms with van der Waals surface area (Å²) in [5.74, 6) is 6.48. The van der Waals surface area contributed by atoms with Crippen LogP contribution in [0.2, 0.25) is 0 Å². The number of hydrogen-bond acceptors (Lipinski definition) is 6. The Morgan fingerprint density at radius 1 is 1.53 bits per heavy atom. The van der Waals surface area contributed by atoms with Crippen molar-refractivity contribution in [1.29, 1.82) is 0 Å². The smallest absolute Gasteiger partial charge is 0.239 e. The summed E-state index contributed by atoms with van der Waals surface area (Å²) in [6.45, 7) is 3.44. The maximum atomic E-state index is 5.27. The number of aromatic nitrogens is 2. The van der Waals surface area contributed by atoms with Gasteiger partial charge in [0, 0.05) is 18.4 Å². The molecular formula is C9H15N5O. The number of anilines is 2. The van der Waals surface area contributed by atoms with Crippen LogP contribution >= 0.6 is 0 Å². The summed E-state index contributed by atoms with van der Waals surface area (Å²) in [7, 11) is 0. The number of aryl methyl sites for hydroxylation is 1. The van der Waals surface area contributed by atoms with Gasteiger partial charge in [0.15, 0.2) is 0 Å². The molecule has 1 aliphatic rings. The van der Waals surface area contributed by atoms with Crippen LogP contribution in [0.1, 0.15) is 12.1 Å². The van der Waals surface area contributed by atoms with Gasteiger partial charge in [0.2, 0.25) is 5.95 Å². The Bertz CT molecular complexity index is 337. The minimum absolute atomic E-state index is 0.338. The van der Waals surface area contributed by atoms with Crippen LogP contribution in [-0.4, -0.2) is 29.2 Å². The van der Waals surface area contributed by atoms with Gasteiger partial charge < -0.3 is 10.1 Å². The van der Waals surface area contributed by atoms with Crippen molar-refractivity contribution < 1.29 is 4.74 Å². The lowest BCUT2D eigenvalue weighted by atomic mass is 10.2. The largest absolute Gasteiger partial charge is 0.379 e. The predicted octanol–water partition coefficient (Wildman–Crippen LogP) is 0.271. The third kappa shape index (κ3) is 2.54. The van der Waals surface area contributed by atoms with Crippen LogP contribution < -0.4 is 16.6 Å². The van der Waals surface area contributed by atoms with Gasteiger partial charge in [-0.1, -0.05) is 0 Å². The van der Waals surface area contributed by atoms with Crippen molar-refractivity contribution in [2.45, 2.75) is 19.4 Å². The van der Waals surface area contributed by atoms with Crippen molar-refractivity contribution in [3.63, 3.8) is 0 Å². The lowest BCUT2D eigenvalue weighted by Gasteiger charge is -2.12. The molecule has 2 rings (SSSR count). The van der Waals surface area contributed by atoms with E-state index >= 15 is 0 Å². The van der Waals surface area contributed by atoms with Gasteiger partial charge in [-0.2, -0.15) is 4.98 Å². The van der Waals surface area contributed by atoms with Gasteiger partial charge >= 0.3 is 0 Å². The van der Waals surface area contributed by atoms with E-state index in [-0.39, 0.29) is 0 Å². The summed E-state index contributed by atoms with van der Waals surface area (Å²) < 4.78 is 5.27. The highest BCUT2D eigenvalue weighted by Crippen LogP contribution is 2.13. The molecule has 1 aromatic rings. The lowest BCUT2D eigenvalue weighted by Crippen LogP contribution is -2.21. The normalized spacial score (nSPS) is 20.3. The number of hydrazine groups is 1. The molecule has 1 aromatic heterocycles. The van der Waals surface area contributed by atoms with Crippen LogP contribution in [0.3, 0.4) is 0 Å². The van der Waals surface area contributed by atoms with Crippen LogP contribution in [0.4, 0.5) is 11.8 Å². The van der Waals surface area contributed by atoms with E-state index in [1.165, 1.54) is 0 Å². The van der Waals surface area contributed by atoms with E-state index in [9.17, 15) is 0 Å². The SMILES string of the molecule is Cc1cc(NC2CCOC2)nc(NN)n1. The van der Waals surface area contributed by atoms with Crippen molar-refractivity contribution >= 4 is 11.8 Å². The summed E-state index contributed by atoms with van der Waals surface area (Å²) in [6.07, 6.45) is 1.01. The average Bonchev–Trinajstić information content (AvgIpc) is 2.69. The van der Waals surface area contributed by atoms with Crippen molar-refractivity contribution in [3.05, 3.63) is 11.8 Å². The van der Waals surface area contributed by atoms with Crippen molar-refractivity contribution in [2.24, 2.45) is 5.84 Å². The Balaban J connectivity index is 2.09. The molecule has 1 saturated heterocycles. The molecule has 0 bridgehead atoms. The van der Waals surface area contributed by atoms with Crippen LogP contribution in [0, 0.1) is 6.92 Å². The molecule has 0 spiro atoms. The first-order chi connectivity index (χ1) is 7.28. The van der Waals surface area contributed by atoms with Crippen LogP contribution in [-0.2, 0) is 4.74 Å². The van der Waals surface area contributed by atoms with E-state index in [1.54, 1.807) is 0 Å². The van der Waals surface area contributed by atoms with E-state index in [0.29, 0.717) is 12.0 Å². The van der Waals surface area contributed by atoms with Crippen molar-refractivity contribution in [1.82, 2.24) is 9.97 Å². The second-order valence-corrected chi connectivity index (χ2v) is 3.57. The zero-order chi connectivity index (χ0) is 10.7. The van der Waals surface area contributed by atoms with E-state index in [4.69, 9.17) is 10.6 Å².